The molecule has 4 rings (SSSR count). The molecule has 9 heteroatoms. The first-order valence-electron chi connectivity index (χ1n) is 11.4. The van der Waals surface area contributed by atoms with E-state index in [2.05, 4.69) is 27.3 Å². The van der Waals surface area contributed by atoms with E-state index in [1.54, 1.807) is 13.1 Å². The highest BCUT2D eigenvalue weighted by molar-refractivity contribution is 6.15. The third kappa shape index (κ3) is 4.40. The molecule has 1 N–H and O–H groups in total. The fourth-order valence-corrected chi connectivity index (χ4v) is 4.54. The number of methoxy groups -OCH3 is 2. The topological polar surface area (TPSA) is 69.6 Å². The van der Waals surface area contributed by atoms with Crippen molar-refractivity contribution >= 4 is 17.4 Å². The number of rotatable bonds is 4. The van der Waals surface area contributed by atoms with Gasteiger partial charge in [-0.05, 0) is 44.2 Å². The van der Waals surface area contributed by atoms with E-state index in [0.29, 0.717) is 34.6 Å². The Bertz CT molecular complexity index is 1080. The van der Waals surface area contributed by atoms with Crippen LogP contribution < -0.4 is 19.7 Å². The van der Waals surface area contributed by atoms with E-state index in [-0.39, 0.29) is 17.8 Å². The van der Waals surface area contributed by atoms with Gasteiger partial charge in [0.25, 0.3) is 0 Å². The lowest BCUT2D eigenvalue weighted by Crippen LogP contribution is -2.44. The number of carbonyl (C=O) groups excluding carboxylic acids is 1. The molecule has 0 aliphatic carbocycles. The summed E-state index contributed by atoms with van der Waals surface area (Å²) in [5, 5.41) is 8.67. The predicted molar refractivity (Wildman–Crippen MR) is 131 cm³/mol. The molecule has 2 aromatic rings. The van der Waals surface area contributed by atoms with Crippen LogP contribution in [0.5, 0.6) is 11.5 Å². The Labute approximate surface area is 199 Å². The Balaban J connectivity index is 1.82. The highest BCUT2D eigenvalue weighted by atomic mass is 19.1. The van der Waals surface area contributed by atoms with Crippen molar-refractivity contribution < 1.29 is 18.7 Å². The van der Waals surface area contributed by atoms with Gasteiger partial charge < -0.3 is 24.6 Å². The van der Waals surface area contributed by atoms with E-state index >= 15 is 4.39 Å². The maximum atomic E-state index is 15.8. The maximum Gasteiger partial charge on any atom is 0.337 e. The molecule has 34 heavy (non-hydrogen) atoms. The van der Waals surface area contributed by atoms with E-state index in [0.717, 1.165) is 31.9 Å². The first-order valence-corrected chi connectivity index (χ1v) is 11.4. The van der Waals surface area contributed by atoms with Crippen molar-refractivity contribution in [2.24, 2.45) is 5.10 Å². The normalized spacial score (nSPS) is 18.6. The van der Waals surface area contributed by atoms with Crippen LogP contribution in [0.25, 0.3) is 0 Å². The van der Waals surface area contributed by atoms with E-state index in [9.17, 15) is 4.79 Å². The number of halogens is 1. The standard InChI is InChI=1S/C25H32FN5O3/c1-16-14-18-15-20(33-4)24(34-5)22(26)21(18)23(28-31(16)25(32)27-2)17-6-8-19(9-7-17)30-12-10-29(3)11-13-30/h6-9,15-16H,10-14H2,1-5H3,(H,27,32). The lowest BCUT2D eigenvalue weighted by Gasteiger charge is -2.34. The van der Waals surface area contributed by atoms with Crippen molar-refractivity contribution in [1.82, 2.24) is 15.2 Å². The van der Waals surface area contributed by atoms with Gasteiger partial charge in [-0.1, -0.05) is 12.1 Å². The van der Waals surface area contributed by atoms with E-state index < -0.39 is 5.82 Å². The van der Waals surface area contributed by atoms with Gasteiger partial charge in [0.05, 0.1) is 20.3 Å². The molecule has 0 spiro atoms. The SMILES string of the molecule is CNC(=O)N1N=C(c2ccc(N3CCN(C)CC3)cc2)c2c(cc(OC)c(OC)c2F)CC1C. The second-order valence-corrected chi connectivity index (χ2v) is 8.70. The molecule has 182 valence electrons. The lowest BCUT2D eigenvalue weighted by atomic mass is 9.93. The van der Waals surface area contributed by atoms with E-state index in [1.165, 1.54) is 19.2 Å². The summed E-state index contributed by atoms with van der Waals surface area (Å²) in [5.74, 6) is -0.224. The number of nitrogens with zero attached hydrogens (tertiary/aromatic N) is 4. The molecule has 1 fully saturated rings. The van der Waals surface area contributed by atoms with Gasteiger partial charge in [0.15, 0.2) is 17.3 Å². The molecule has 2 aliphatic rings. The van der Waals surface area contributed by atoms with Crippen LogP contribution in [0.4, 0.5) is 14.9 Å². The number of likely N-dealkylation sites (N-methyl/N-ethyl adjacent to an activating group) is 1. The zero-order valence-electron chi connectivity index (χ0n) is 20.4. The molecule has 2 aromatic carbocycles. The quantitative estimate of drug-likeness (QED) is 0.746. The summed E-state index contributed by atoms with van der Waals surface area (Å²) in [6, 6.07) is 9.05. The number of nitrogens with one attached hydrogen (secondary N) is 1. The van der Waals surface area contributed by atoms with Crippen LogP contribution >= 0.6 is 0 Å². The van der Waals surface area contributed by atoms with Crippen molar-refractivity contribution in [2.75, 3.05) is 59.4 Å². The Morgan fingerprint density at radius 2 is 1.79 bits per heavy atom. The molecule has 1 atom stereocenters. The Morgan fingerprint density at radius 1 is 1.12 bits per heavy atom. The summed E-state index contributed by atoms with van der Waals surface area (Å²) >= 11 is 0. The molecule has 0 bridgehead atoms. The molecular weight excluding hydrogens is 437 g/mol. The average molecular weight is 470 g/mol. The predicted octanol–water partition coefficient (Wildman–Crippen LogP) is 2.93. The van der Waals surface area contributed by atoms with Gasteiger partial charge in [0.2, 0.25) is 0 Å². The van der Waals surface area contributed by atoms with Crippen LogP contribution in [0.1, 0.15) is 23.6 Å². The second-order valence-electron chi connectivity index (χ2n) is 8.70. The monoisotopic (exact) mass is 469 g/mol. The van der Waals surface area contributed by atoms with Crippen molar-refractivity contribution in [3.05, 3.63) is 52.8 Å². The van der Waals surface area contributed by atoms with Crippen LogP contribution in [0, 0.1) is 5.82 Å². The molecule has 1 saturated heterocycles. The number of piperazine rings is 1. The van der Waals surface area contributed by atoms with Gasteiger partial charge in [-0.3, -0.25) is 0 Å². The van der Waals surface area contributed by atoms with Crippen LogP contribution in [-0.2, 0) is 6.42 Å². The first-order chi connectivity index (χ1) is 16.4. The minimum absolute atomic E-state index is 0.0176. The summed E-state index contributed by atoms with van der Waals surface area (Å²) < 4.78 is 26.6. The van der Waals surface area contributed by atoms with Crippen LogP contribution in [-0.4, -0.2) is 82.2 Å². The van der Waals surface area contributed by atoms with Gasteiger partial charge >= 0.3 is 6.03 Å². The number of benzene rings is 2. The maximum absolute atomic E-state index is 15.8. The molecule has 0 aromatic heterocycles. The summed E-state index contributed by atoms with van der Waals surface area (Å²) in [5.41, 5.74) is 3.23. The number of carbonyl (C=O) groups is 1. The minimum Gasteiger partial charge on any atom is -0.493 e. The summed E-state index contributed by atoms with van der Waals surface area (Å²) in [4.78, 5) is 17.3. The number of hydrogen-bond acceptors (Lipinski definition) is 6. The van der Waals surface area contributed by atoms with Crippen LogP contribution in [0.2, 0.25) is 0 Å². The largest absolute Gasteiger partial charge is 0.493 e. The van der Waals surface area contributed by atoms with Crippen LogP contribution in [0.15, 0.2) is 35.4 Å². The average Bonchev–Trinajstić information content (AvgIpc) is 3.00. The highest BCUT2D eigenvalue weighted by Gasteiger charge is 2.32. The van der Waals surface area contributed by atoms with Gasteiger partial charge in [0, 0.05) is 50.0 Å². The fraction of sp³-hybridized carbons (Fsp3) is 0.440. The highest BCUT2D eigenvalue weighted by Crippen LogP contribution is 2.38. The Kier molecular flexibility index (Phi) is 6.92. The van der Waals surface area contributed by atoms with Crippen LogP contribution in [0.3, 0.4) is 0 Å². The van der Waals surface area contributed by atoms with Gasteiger partial charge in [-0.25, -0.2) is 14.2 Å². The molecule has 0 radical (unpaired) electrons. The smallest absolute Gasteiger partial charge is 0.337 e. The summed E-state index contributed by atoms with van der Waals surface area (Å²) in [7, 11) is 6.57. The Morgan fingerprint density at radius 3 is 2.38 bits per heavy atom. The molecule has 2 heterocycles. The molecular formula is C25H32FN5O3. The number of urea groups is 1. The van der Waals surface area contributed by atoms with Crippen molar-refractivity contribution in [3.63, 3.8) is 0 Å². The van der Waals surface area contributed by atoms with Crippen molar-refractivity contribution in [1.29, 1.82) is 0 Å². The molecule has 1 unspecified atom stereocenters. The van der Waals surface area contributed by atoms with Gasteiger partial charge in [-0.2, -0.15) is 5.10 Å². The first kappa shape index (κ1) is 23.8. The minimum atomic E-state index is -0.551. The molecule has 2 amide bonds. The second kappa shape index (κ2) is 9.89. The number of ether oxygens (including phenoxy) is 2. The van der Waals surface area contributed by atoms with Crippen molar-refractivity contribution in [2.45, 2.75) is 19.4 Å². The lowest BCUT2D eigenvalue weighted by molar-refractivity contribution is 0.184. The van der Waals surface area contributed by atoms with Gasteiger partial charge in [0.1, 0.15) is 5.71 Å². The molecule has 8 nitrogen and oxygen atoms in total. The number of amides is 2. The molecule has 2 aliphatic heterocycles. The van der Waals surface area contributed by atoms with E-state index in [1.807, 2.05) is 31.2 Å². The van der Waals surface area contributed by atoms with E-state index in [4.69, 9.17) is 9.47 Å². The summed E-state index contributed by atoms with van der Waals surface area (Å²) in [6.45, 7) is 5.80. The number of fused-ring (bicyclic) bond motifs is 1. The zero-order valence-corrected chi connectivity index (χ0v) is 20.4. The summed E-state index contributed by atoms with van der Waals surface area (Å²) in [6.07, 6.45) is 0.409. The third-order valence-corrected chi connectivity index (χ3v) is 6.50. The third-order valence-electron chi connectivity index (χ3n) is 6.50. The zero-order chi connectivity index (χ0) is 24.4. The number of hydrogen-bond donors (Lipinski definition) is 1. The fourth-order valence-electron chi connectivity index (χ4n) is 4.54. The van der Waals surface area contributed by atoms with Crippen molar-refractivity contribution in [3.8, 4) is 11.5 Å². The van der Waals surface area contributed by atoms with Gasteiger partial charge in [-0.15, -0.1) is 0 Å². The number of hydrazone groups is 1. The molecule has 0 saturated carbocycles. The number of anilines is 1. The Hall–Kier alpha value is -3.33.